The summed E-state index contributed by atoms with van der Waals surface area (Å²) in [4.78, 5) is 267. The minimum absolute atomic E-state index is 0.00114. The van der Waals surface area contributed by atoms with Crippen molar-refractivity contribution in [2.24, 2.45) is 23.3 Å². The third-order valence-electron chi connectivity index (χ3n) is 26.1. The average Bonchev–Trinajstić information content (AvgIpc) is 1.67. The number of hydrogen-bond acceptors (Lipinski definition) is 33. The number of nitrogens with one attached hydrogen (secondary N) is 18. The van der Waals surface area contributed by atoms with Crippen LogP contribution in [-0.2, 0) is 110 Å². The monoisotopic (exact) mass is 2110 g/mol. The molecule has 24 N–H and O–H groups in total. The maximum atomic E-state index is 15.2. The van der Waals surface area contributed by atoms with Gasteiger partial charge in [0.05, 0.1) is 98.6 Å². The predicted octanol–water partition coefficient (Wildman–Crippen LogP) is 1.44. The fourth-order valence-electron chi connectivity index (χ4n) is 16.1. The summed E-state index contributed by atoms with van der Waals surface area (Å²) in [5, 5.41) is 71.7. The first-order chi connectivity index (χ1) is 69.9. The number of thioether (sulfide) groups is 2. The molecule has 18 atom stereocenters. The molecule has 9 amide bonds. The van der Waals surface area contributed by atoms with Gasteiger partial charge in [-0.15, -0.1) is 0 Å². The van der Waals surface area contributed by atoms with Crippen LogP contribution < -0.4 is 102 Å². The van der Waals surface area contributed by atoms with Gasteiger partial charge in [-0.3, -0.25) is 118 Å². The molecule has 1 fully saturated rings. The number of hydrogen-bond donors (Lipinski definition) is 22. The molecule has 1 aromatic heterocycles. The van der Waals surface area contributed by atoms with Gasteiger partial charge in [0.25, 0.3) is 0 Å². The number of aromatic nitrogens is 1. The van der Waals surface area contributed by atoms with E-state index >= 15 is 19.2 Å². The Labute approximate surface area is 877 Å². The van der Waals surface area contributed by atoms with E-state index in [1.54, 1.807) is 103 Å². The summed E-state index contributed by atoms with van der Waals surface area (Å²) >= 11 is 2.76. The summed E-state index contributed by atoms with van der Waals surface area (Å²) in [6, 6.07) is 6.38. The van der Waals surface area contributed by atoms with E-state index in [1.165, 1.54) is 70.3 Å². The number of carbonyl (C=O) groups excluding carboxylic acids is 19. The van der Waals surface area contributed by atoms with Gasteiger partial charge >= 0.3 is 0 Å². The lowest BCUT2D eigenvalue weighted by molar-refractivity contribution is -0.136. The standard InChI is InChI=1S/C105H164N20O21S2/c1-61(2)47-82(119-72(14)127)100(143)123-96(71(13)126)103(146)122-84(50-73-27-21-20-22-28-73)102(145)125-105(16)58-148-46-26-19-17-18-25-45-147-57-104(15,93(137)55-111-66(8)89(133)41-44-110-65(7)88(132)40-43-109-64(6)87(131)39-42-108-63(5)85(129)36-37-86(130)67(9)115-59-117-70(12)97(107)140)124-101(144)83(48-62(3)4)121-98(141)79(35-38-95(106)139)118-60-116-68(10)90(134)52-91(135)80(51-75-53-113-78-30-24-23-29-77(75)78)120-99(142)81(49-74-31-33-76(128)34-32-74)114-54-92(136)69(11)112-56-94(105)138/h20-24,27-34,53,61-71,79-84,96,108-118,126,128H,17-19,25-26,35-52,54-60H2,1-16H3,(H2,106,139)(H2,107,140)(H,119,127)(H,120,142)(H,121,141)(H,122,146)(H,123,143)(H,124,144)(H,125,145)/t63-,64-,65-,66-,67-,68-,69-,70+,71+,79-,80-,81-,82-,83-,84-,96-,104-,105+/m0/s1. The largest absolute Gasteiger partial charge is 0.508 e. The fraction of sp³-hybridized carbons (Fsp3) is 0.629. The van der Waals surface area contributed by atoms with Gasteiger partial charge in [0, 0.05) is 120 Å². The second kappa shape index (κ2) is 66.0. The molecule has 0 spiro atoms. The van der Waals surface area contributed by atoms with Crippen LogP contribution in [0.15, 0.2) is 85.1 Å². The van der Waals surface area contributed by atoms with Gasteiger partial charge in [0.1, 0.15) is 52.6 Å². The SMILES string of the molecule is CC(=O)N[C@@H](CC(C)C)C(=O)N[C@H](C(=O)N[C@@H](Cc1ccccc1)C(=O)N[C@]1(C)CSCCCCCCCSC[C@@](C)(C(=O)CN[C@@H](C)C(=O)CCN[C@@H](C)C(=O)CCN[C@@H](C)C(=O)CCN[C@@H](C)C(=O)CCC(=O)[C@H](C)NCN[C@H](C)C(N)=O)NC(=O)[C@H](CC(C)C)NC(=O)[C@H](CCC(N)=O)NCN[C@@H](C)C(=O)CC(=O)[C@H](Cc2c[nH]c3ccccc23)NC(=O)[C@H](Cc2ccc(O)cc2)NCC(=O)[C@H](C)NCC1=O)[C@@H](C)O. The molecule has 0 bridgehead atoms. The number of carbonyl (C=O) groups is 19. The highest BCUT2D eigenvalue weighted by Gasteiger charge is 2.42. The van der Waals surface area contributed by atoms with E-state index in [0.717, 1.165) is 18.2 Å². The quantitative estimate of drug-likeness (QED) is 0.0220. The first-order valence-electron chi connectivity index (χ1n) is 51.4. The maximum Gasteiger partial charge on any atom is 0.245 e. The van der Waals surface area contributed by atoms with Crippen molar-refractivity contribution in [2.45, 2.75) is 334 Å². The maximum absolute atomic E-state index is 15.2. The molecule has 1 aliphatic heterocycles. The van der Waals surface area contributed by atoms with Gasteiger partial charge in [-0.2, -0.15) is 23.5 Å². The van der Waals surface area contributed by atoms with Crippen LogP contribution in [0.2, 0.25) is 0 Å². The van der Waals surface area contributed by atoms with Crippen LogP contribution >= 0.6 is 23.5 Å². The number of primary amides is 2. The molecule has 5 rings (SSSR count). The van der Waals surface area contributed by atoms with Gasteiger partial charge in [0.2, 0.25) is 53.2 Å². The highest BCUT2D eigenvalue weighted by atomic mass is 32.2. The number of Topliss-reactive ketones (excluding diaryl/α,β-unsaturated/α-hetero) is 10. The molecule has 0 saturated carbocycles. The summed E-state index contributed by atoms with van der Waals surface area (Å²) in [6.45, 7) is 24.7. The molecule has 3 aromatic carbocycles. The Morgan fingerprint density at radius 2 is 1.03 bits per heavy atom. The number of ketones is 10. The van der Waals surface area contributed by atoms with Gasteiger partial charge in [-0.25, -0.2) is 0 Å². The van der Waals surface area contributed by atoms with Gasteiger partial charge < -0.3 is 90.5 Å². The Bertz CT molecular complexity index is 5050. The number of para-hydroxylation sites is 1. The van der Waals surface area contributed by atoms with E-state index in [1.807, 2.05) is 45.9 Å². The molecule has 822 valence electrons. The first kappa shape index (κ1) is 128. The molecule has 41 nitrogen and oxygen atoms in total. The van der Waals surface area contributed by atoms with E-state index in [9.17, 15) is 82.1 Å². The smallest absolute Gasteiger partial charge is 0.245 e. The van der Waals surface area contributed by atoms with Crippen molar-refractivity contribution in [1.29, 1.82) is 0 Å². The normalized spacial score (nSPS) is 21.8. The summed E-state index contributed by atoms with van der Waals surface area (Å²) in [5.41, 5.74) is 9.97. The van der Waals surface area contributed by atoms with Crippen molar-refractivity contribution in [3.05, 3.63) is 102 Å². The molecule has 0 aliphatic carbocycles. The van der Waals surface area contributed by atoms with Gasteiger partial charge in [0.15, 0.2) is 46.3 Å². The molecule has 4 aromatic rings. The summed E-state index contributed by atoms with van der Waals surface area (Å²) in [6.07, 6.45) is 2.42. The minimum atomic E-state index is -1.74. The Morgan fingerprint density at radius 3 is 1.59 bits per heavy atom. The van der Waals surface area contributed by atoms with Crippen LogP contribution in [0.25, 0.3) is 10.9 Å². The Kier molecular flexibility index (Phi) is 56.9. The molecule has 1 saturated heterocycles. The van der Waals surface area contributed by atoms with Crippen LogP contribution in [-0.4, -0.2) is 310 Å². The predicted molar refractivity (Wildman–Crippen MR) is 570 cm³/mol. The Morgan fingerprint density at radius 1 is 0.493 bits per heavy atom. The van der Waals surface area contributed by atoms with Crippen LogP contribution in [0.3, 0.4) is 0 Å². The number of aliphatic hydroxyl groups is 1. The number of H-pyrrole nitrogens is 1. The fourth-order valence-corrected chi connectivity index (χ4v) is 18.5. The van der Waals surface area contributed by atoms with Crippen LogP contribution in [0.1, 0.15) is 224 Å². The molecule has 0 unspecified atom stereocenters. The molecule has 0 radical (unpaired) electrons. The second-order valence-corrected chi connectivity index (χ2v) is 42.2. The van der Waals surface area contributed by atoms with E-state index in [-0.39, 0.29) is 168 Å². The van der Waals surface area contributed by atoms with Crippen molar-refractivity contribution in [1.82, 2.24) is 95.4 Å². The number of fused-ring (bicyclic) bond motifs is 1. The number of phenolic OH excluding ortho intramolecular Hbond substituents is 1. The third kappa shape index (κ3) is 46.8. The number of aromatic hydroxyl groups is 1. The van der Waals surface area contributed by atoms with Gasteiger partial charge in [-0.05, 0) is 173 Å². The number of rotatable bonds is 50. The van der Waals surface area contributed by atoms with E-state index in [4.69, 9.17) is 11.5 Å². The van der Waals surface area contributed by atoms with Crippen molar-refractivity contribution in [3.63, 3.8) is 0 Å². The summed E-state index contributed by atoms with van der Waals surface area (Å²) in [5.74, 6) is -9.90. The van der Waals surface area contributed by atoms with Gasteiger partial charge in [-0.1, -0.05) is 108 Å². The topological polar surface area (TPSA) is 637 Å². The lowest BCUT2D eigenvalue weighted by Gasteiger charge is -2.33. The minimum Gasteiger partial charge on any atom is -0.508 e. The number of aliphatic hydroxyl groups excluding tert-OH is 1. The van der Waals surface area contributed by atoms with E-state index in [2.05, 4.69) is 95.4 Å². The van der Waals surface area contributed by atoms with Crippen LogP contribution in [0.5, 0.6) is 5.75 Å². The first-order valence-corrected chi connectivity index (χ1v) is 53.7. The highest BCUT2D eigenvalue weighted by molar-refractivity contribution is 7.99. The Hall–Kier alpha value is -10.8. The third-order valence-corrected chi connectivity index (χ3v) is 28.8. The van der Waals surface area contributed by atoms with Crippen molar-refractivity contribution in [2.75, 3.05) is 75.6 Å². The molecule has 2 heterocycles. The molecule has 1 aliphatic rings. The highest BCUT2D eigenvalue weighted by Crippen LogP contribution is 2.25. The molecule has 43 heteroatoms. The zero-order chi connectivity index (χ0) is 110. The Balaban J connectivity index is 1.39. The average molecular weight is 2110 g/mol. The zero-order valence-corrected chi connectivity index (χ0v) is 90.4. The van der Waals surface area contributed by atoms with Crippen molar-refractivity contribution < 1.29 is 101 Å². The molecule has 148 heavy (non-hydrogen) atoms. The zero-order valence-electron chi connectivity index (χ0n) is 88.8. The number of benzene rings is 3. The second-order valence-electron chi connectivity index (χ2n) is 40.0. The van der Waals surface area contributed by atoms with Crippen LogP contribution in [0.4, 0.5) is 0 Å². The number of phenols is 1. The number of aromatic amines is 1. The summed E-state index contributed by atoms with van der Waals surface area (Å²) < 4.78 is 0. The summed E-state index contributed by atoms with van der Waals surface area (Å²) in [7, 11) is 0. The van der Waals surface area contributed by atoms with Crippen LogP contribution in [0, 0.1) is 11.8 Å². The van der Waals surface area contributed by atoms with Crippen molar-refractivity contribution in [3.8, 4) is 5.75 Å². The number of amides is 9. The van der Waals surface area contributed by atoms with E-state index in [0.29, 0.717) is 53.0 Å². The lowest BCUT2D eigenvalue weighted by atomic mass is 9.95. The number of nitrogens with two attached hydrogens (primary N) is 2. The molecular formula is C105H164N20O21S2. The van der Waals surface area contributed by atoms with Crippen molar-refractivity contribution >= 4 is 145 Å². The van der Waals surface area contributed by atoms with E-state index < -0.39 is 216 Å². The lowest BCUT2D eigenvalue weighted by Crippen LogP contribution is -2.63. The molecular weight excluding hydrogens is 1940 g/mol.